The van der Waals surface area contributed by atoms with E-state index >= 15 is 0 Å². The van der Waals surface area contributed by atoms with Crippen molar-refractivity contribution in [1.82, 2.24) is 14.6 Å². The van der Waals surface area contributed by atoms with Gasteiger partial charge in [-0.05, 0) is 23.7 Å². The van der Waals surface area contributed by atoms with E-state index in [0.29, 0.717) is 11.4 Å². The zero-order chi connectivity index (χ0) is 11.7. The molecule has 0 saturated heterocycles. The van der Waals surface area contributed by atoms with Gasteiger partial charge in [0.15, 0.2) is 6.29 Å². The number of carbonyl (C=O) groups excluding carboxylic acids is 1. The lowest BCUT2D eigenvalue weighted by Crippen LogP contribution is -1.93. The van der Waals surface area contributed by atoms with E-state index in [1.807, 2.05) is 30.3 Å². The van der Waals surface area contributed by atoms with Crippen LogP contribution < -0.4 is 0 Å². The van der Waals surface area contributed by atoms with Gasteiger partial charge >= 0.3 is 0 Å². The first kappa shape index (κ1) is 10.0. The molecule has 0 bridgehead atoms. The van der Waals surface area contributed by atoms with Gasteiger partial charge in [0.05, 0.1) is 5.52 Å². The maximum atomic E-state index is 11.1. The number of hydrogen-bond donors (Lipinski definition) is 0. The quantitative estimate of drug-likeness (QED) is 0.647. The molecule has 3 rings (SSSR count). The highest BCUT2D eigenvalue weighted by Gasteiger charge is 2.10. The number of aromatic nitrogens is 3. The summed E-state index contributed by atoms with van der Waals surface area (Å²) in [6, 6.07) is 9.59. The van der Waals surface area contributed by atoms with Crippen molar-refractivity contribution in [3.05, 3.63) is 41.4 Å². The molecule has 82 valence electrons. The predicted molar refractivity (Wildman–Crippen MR) is 66.0 cm³/mol. The minimum absolute atomic E-state index is 0.399. The molecule has 0 amide bonds. The van der Waals surface area contributed by atoms with Crippen molar-refractivity contribution in [2.45, 2.75) is 0 Å². The number of benzene rings is 1. The van der Waals surface area contributed by atoms with Crippen LogP contribution in [0, 0.1) is 0 Å². The van der Waals surface area contributed by atoms with Gasteiger partial charge in [-0.15, -0.1) is 5.10 Å². The molecule has 0 saturated carbocycles. The van der Waals surface area contributed by atoms with E-state index < -0.39 is 0 Å². The molecule has 0 spiro atoms. The SMILES string of the molecule is O=Cc1nc2ccccc2cc1-c1csnn1. The lowest BCUT2D eigenvalue weighted by Gasteiger charge is -2.03. The number of hydrogen-bond acceptors (Lipinski definition) is 5. The second-order valence-electron chi connectivity index (χ2n) is 3.52. The van der Waals surface area contributed by atoms with E-state index in [2.05, 4.69) is 14.6 Å². The Balaban J connectivity index is 2.33. The number of rotatable bonds is 2. The van der Waals surface area contributed by atoms with Crippen LogP contribution >= 0.6 is 11.5 Å². The maximum absolute atomic E-state index is 11.1. The van der Waals surface area contributed by atoms with Crippen molar-refractivity contribution >= 4 is 28.7 Å². The number of nitrogens with zero attached hydrogens (tertiary/aromatic N) is 3. The van der Waals surface area contributed by atoms with Gasteiger partial charge in [0.1, 0.15) is 11.4 Å². The Morgan fingerprint density at radius 2 is 2.12 bits per heavy atom. The van der Waals surface area contributed by atoms with Crippen molar-refractivity contribution in [3.8, 4) is 11.3 Å². The summed E-state index contributed by atoms with van der Waals surface area (Å²) in [7, 11) is 0. The molecule has 0 fully saturated rings. The summed E-state index contributed by atoms with van der Waals surface area (Å²) >= 11 is 1.25. The standard InChI is InChI=1S/C12H7N3OS/c16-6-11-9(12-7-17-15-14-12)5-8-3-1-2-4-10(8)13-11/h1-7H. The summed E-state index contributed by atoms with van der Waals surface area (Å²) < 4.78 is 3.80. The number of pyridine rings is 1. The molecule has 3 aromatic rings. The minimum Gasteiger partial charge on any atom is -0.296 e. The third-order valence-electron chi connectivity index (χ3n) is 2.50. The Labute approximate surface area is 101 Å². The first-order valence-corrected chi connectivity index (χ1v) is 5.84. The van der Waals surface area contributed by atoms with Gasteiger partial charge in [-0.1, -0.05) is 22.7 Å². The zero-order valence-electron chi connectivity index (χ0n) is 8.70. The topological polar surface area (TPSA) is 55.7 Å². The summed E-state index contributed by atoms with van der Waals surface area (Å²) in [6.07, 6.45) is 0.751. The van der Waals surface area contributed by atoms with Crippen LogP contribution in [0.2, 0.25) is 0 Å². The van der Waals surface area contributed by atoms with E-state index in [1.165, 1.54) is 11.5 Å². The Morgan fingerprint density at radius 1 is 1.24 bits per heavy atom. The molecule has 17 heavy (non-hydrogen) atoms. The summed E-state index contributed by atoms with van der Waals surface area (Å²) in [5, 5.41) is 6.76. The van der Waals surface area contributed by atoms with Crippen LogP contribution in [-0.4, -0.2) is 20.9 Å². The normalized spacial score (nSPS) is 10.6. The molecular weight excluding hydrogens is 234 g/mol. The van der Waals surface area contributed by atoms with Gasteiger partial charge in [-0.25, -0.2) is 4.98 Å². The van der Waals surface area contributed by atoms with Crippen molar-refractivity contribution < 1.29 is 4.79 Å². The van der Waals surface area contributed by atoms with Gasteiger partial charge in [-0.3, -0.25) is 4.79 Å². The number of para-hydroxylation sites is 1. The molecule has 2 aromatic heterocycles. The van der Waals surface area contributed by atoms with Gasteiger partial charge in [0, 0.05) is 16.3 Å². The van der Waals surface area contributed by atoms with Crippen LogP contribution in [0.25, 0.3) is 22.2 Å². The van der Waals surface area contributed by atoms with Gasteiger partial charge in [-0.2, -0.15) is 0 Å². The van der Waals surface area contributed by atoms with Crippen LogP contribution in [0.3, 0.4) is 0 Å². The van der Waals surface area contributed by atoms with Crippen LogP contribution in [0.4, 0.5) is 0 Å². The minimum atomic E-state index is 0.399. The molecule has 0 N–H and O–H groups in total. The highest BCUT2D eigenvalue weighted by Crippen LogP contribution is 2.24. The van der Waals surface area contributed by atoms with Crippen molar-refractivity contribution in [2.75, 3.05) is 0 Å². The van der Waals surface area contributed by atoms with E-state index in [0.717, 1.165) is 22.8 Å². The number of carbonyl (C=O) groups is 1. The summed E-state index contributed by atoms with van der Waals surface area (Å²) in [5.74, 6) is 0. The summed E-state index contributed by atoms with van der Waals surface area (Å²) in [6.45, 7) is 0. The van der Waals surface area contributed by atoms with Gasteiger partial charge < -0.3 is 0 Å². The number of aldehydes is 1. The molecule has 5 heteroatoms. The fraction of sp³-hybridized carbons (Fsp3) is 0. The van der Waals surface area contributed by atoms with E-state index in [1.54, 1.807) is 5.38 Å². The Kier molecular flexibility index (Phi) is 2.38. The molecular formula is C12H7N3OS. The van der Waals surface area contributed by atoms with Crippen molar-refractivity contribution in [2.24, 2.45) is 0 Å². The fourth-order valence-electron chi connectivity index (χ4n) is 1.71. The molecule has 0 aliphatic rings. The predicted octanol–water partition coefficient (Wildman–Crippen LogP) is 2.57. The average Bonchev–Trinajstić information content (AvgIpc) is 2.91. The molecule has 0 radical (unpaired) electrons. The second kappa shape index (κ2) is 4.03. The molecule has 0 aliphatic carbocycles. The van der Waals surface area contributed by atoms with Gasteiger partial charge in [0.25, 0.3) is 0 Å². The third-order valence-corrected chi connectivity index (χ3v) is 3.01. The molecule has 0 atom stereocenters. The zero-order valence-corrected chi connectivity index (χ0v) is 9.52. The second-order valence-corrected chi connectivity index (χ2v) is 4.13. The highest BCUT2D eigenvalue weighted by molar-refractivity contribution is 7.03. The largest absolute Gasteiger partial charge is 0.296 e. The Morgan fingerprint density at radius 3 is 2.88 bits per heavy atom. The Hall–Kier alpha value is -2.14. The third kappa shape index (κ3) is 1.70. The average molecular weight is 241 g/mol. The van der Waals surface area contributed by atoms with Crippen molar-refractivity contribution in [3.63, 3.8) is 0 Å². The van der Waals surface area contributed by atoms with Crippen LogP contribution in [0.15, 0.2) is 35.7 Å². The maximum Gasteiger partial charge on any atom is 0.169 e. The molecule has 4 nitrogen and oxygen atoms in total. The van der Waals surface area contributed by atoms with Crippen molar-refractivity contribution in [1.29, 1.82) is 0 Å². The smallest absolute Gasteiger partial charge is 0.169 e. The Bertz CT molecular complexity index is 679. The van der Waals surface area contributed by atoms with E-state index in [4.69, 9.17) is 0 Å². The fourth-order valence-corrected chi connectivity index (χ4v) is 2.16. The monoisotopic (exact) mass is 241 g/mol. The van der Waals surface area contributed by atoms with E-state index in [9.17, 15) is 4.79 Å². The van der Waals surface area contributed by atoms with Gasteiger partial charge in [0.2, 0.25) is 0 Å². The summed E-state index contributed by atoms with van der Waals surface area (Å²) in [4.78, 5) is 15.4. The van der Waals surface area contributed by atoms with Crippen LogP contribution in [-0.2, 0) is 0 Å². The molecule has 0 aliphatic heterocycles. The molecule has 1 aromatic carbocycles. The summed E-state index contributed by atoms with van der Waals surface area (Å²) in [5.41, 5.74) is 2.63. The first-order valence-electron chi connectivity index (χ1n) is 5.01. The number of fused-ring (bicyclic) bond motifs is 1. The lowest BCUT2D eigenvalue weighted by atomic mass is 10.1. The van der Waals surface area contributed by atoms with E-state index in [-0.39, 0.29) is 0 Å². The van der Waals surface area contributed by atoms with Crippen LogP contribution in [0.5, 0.6) is 0 Å². The lowest BCUT2D eigenvalue weighted by molar-refractivity contribution is 0.112. The van der Waals surface area contributed by atoms with Crippen LogP contribution in [0.1, 0.15) is 10.5 Å². The first-order chi connectivity index (χ1) is 8.38. The highest BCUT2D eigenvalue weighted by atomic mass is 32.1. The molecule has 0 unspecified atom stereocenters. The molecule has 2 heterocycles.